The van der Waals surface area contributed by atoms with E-state index in [9.17, 15) is 4.79 Å². The normalized spacial score (nSPS) is 16.9. The molecule has 0 saturated heterocycles. The van der Waals surface area contributed by atoms with Crippen molar-refractivity contribution in [1.29, 1.82) is 5.26 Å². The minimum Gasteiger partial charge on any atom is -0.352 e. The van der Waals surface area contributed by atoms with Gasteiger partial charge in [0.25, 0.3) is 0 Å². The van der Waals surface area contributed by atoms with Gasteiger partial charge in [0, 0.05) is 6.04 Å². The van der Waals surface area contributed by atoms with Crippen LogP contribution in [0.25, 0.3) is 0 Å². The fourth-order valence-corrected chi connectivity index (χ4v) is 1.66. The highest BCUT2D eigenvalue weighted by Crippen LogP contribution is 2.27. The average Bonchev–Trinajstić information content (AvgIpc) is 2.15. The zero-order valence-corrected chi connectivity index (χ0v) is 8.97. The fraction of sp³-hybridized carbons (Fsp3) is 0.818. The summed E-state index contributed by atoms with van der Waals surface area (Å²) in [4.78, 5) is 11.8. The van der Waals surface area contributed by atoms with Crippen LogP contribution in [0.15, 0.2) is 0 Å². The predicted molar refractivity (Wildman–Crippen MR) is 54.4 cm³/mol. The molecule has 1 amide bonds. The molecule has 0 aromatic rings. The zero-order chi connectivity index (χ0) is 10.6. The number of nitriles is 1. The van der Waals surface area contributed by atoms with E-state index in [4.69, 9.17) is 5.26 Å². The Morgan fingerprint density at radius 3 is 2.36 bits per heavy atom. The van der Waals surface area contributed by atoms with E-state index in [2.05, 4.69) is 11.4 Å². The SMILES string of the molecule is CCC(C#N)(CC)C(=O)NC1CCC1. The first-order valence-electron chi connectivity index (χ1n) is 5.40. The Morgan fingerprint density at radius 1 is 1.50 bits per heavy atom. The topological polar surface area (TPSA) is 52.9 Å². The molecule has 0 heterocycles. The van der Waals surface area contributed by atoms with Gasteiger partial charge in [-0.25, -0.2) is 0 Å². The van der Waals surface area contributed by atoms with E-state index >= 15 is 0 Å². The van der Waals surface area contributed by atoms with Crippen LogP contribution in [0, 0.1) is 16.7 Å². The molecule has 14 heavy (non-hydrogen) atoms. The van der Waals surface area contributed by atoms with Gasteiger partial charge in [-0.3, -0.25) is 4.79 Å². The largest absolute Gasteiger partial charge is 0.352 e. The van der Waals surface area contributed by atoms with Crippen LogP contribution in [0.1, 0.15) is 46.0 Å². The van der Waals surface area contributed by atoms with Crippen LogP contribution >= 0.6 is 0 Å². The molecule has 0 bridgehead atoms. The lowest BCUT2D eigenvalue weighted by Gasteiger charge is -2.31. The third kappa shape index (κ3) is 1.89. The molecule has 1 rings (SSSR count). The lowest BCUT2D eigenvalue weighted by atomic mass is 9.82. The molecule has 1 aliphatic rings. The summed E-state index contributed by atoms with van der Waals surface area (Å²) in [7, 11) is 0. The van der Waals surface area contributed by atoms with Gasteiger partial charge in [-0.1, -0.05) is 13.8 Å². The molecule has 0 spiro atoms. The number of nitrogens with one attached hydrogen (secondary N) is 1. The van der Waals surface area contributed by atoms with Crippen LogP contribution in [-0.2, 0) is 4.79 Å². The highest BCUT2D eigenvalue weighted by atomic mass is 16.2. The third-order valence-electron chi connectivity index (χ3n) is 3.30. The zero-order valence-electron chi connectivity index (χ0n) is 8.97. The standard InChI is InChI=1S/C11H18N2O/c1-3-11(4-2,8-12)10(14)13-9-6-5-7-9/h9H,3-7H2,1-2H3,(H,13,14). The summed E-state index contributed by atoms with van der Waals surface area (Å²) in [5, 5.41) is 12.0. The lowest BCUT2D eigenvalue weighted by Crippen LogP contribution is -2.47. The summed E-state index contributed by atoms with van der Waals surface area (Å²) < 4.78 is 0. The number of hydrogen-bond donors (Lipinski definition) is 1. The Morgan fingerprint density at radius 2 is 2.07 bits per heavy atom. The molecule has 0 aliphatic heterocycles. The Labute approximate surface area is 85.5 Å². The van der Waals surface area contributed by atoms with E-state index in [0.717, 1.165) is 12.8 Å². The summed E-state index contributed by atoms with van der Waals surface area (Å²) >= 11 is 0. The van der Waals surface area contributed by atoms with Crippen molar-refractivity contribution in [2.24, 2.45) is 5.41 Å². The minimum atomic E-state index is -0.796. The molecule has 0 radical (unpaired) electrons. The first-order chi connectivity index (χ1) is 6.68. The molecule has 3 nitrogen and oxygen atoms in total. The minimum absolute atomic E-state index is 0.0744. The van der Waals surface area contributed by atoms with E-state index in [0.29, 0.717) is 18.9 Å². The molecule has 1 fully saturated rings. The molecule has 1 N–H and O–H groups in total. The quantitative estimate of drug-likeness (QED) is 0.744. The van der Waals surface area contributed by atoms with Crippen molar-refractivity contribution in [3.8, 4) is 6.07 Å². The van der Waals surface area contributed by atoms with Crippen molar-refractivity contribution in [3.63, 3.8) is 0 Å². The molecule has 1 saturated carbocycles. The first-order valence-corrected chi connectivity index (χ1v) is 5.40. The number of amides is 1. The van der Waals surface area contributed by atoms with E-state index in [-0.39, 0.29) is 5.91 Å². The molecule has 78 valence electrons. The van der Waals surface area contributed by atoms with Gasteiger partial charge in [-0.15, -0.1) is 0 Å². The van der Waals surface area contributed by atoms with Gasteiger partial charge >= 0.3 is 0 Å². The van der Waals surface area contributed by atoms with Gasteiger partial charge in [-0.05, 0) is 32.1 Å². The second-order valence-corrected chi connectivity index (χ2v) is 4.00. The number of rotatable bonds is 4. The summed E-state index contributed by atoms with van der Waals surface area (Å²) in [6.07, 6.45) is 4.53. The predicted octanol–water partition coefficient (Wildman–Crippen LogP) is 1.99. The van der Waals surface area contributed by atoms with Crippen LogP contribution in [-0.4, -0.2) is 11.9 Å². The van der Waals surface area contributed by atoms with E-state index < -0.39 is 5.41 Å². The molecule has 0 aromatic heterocycles. The van der Waals surface area contributed by atoms with Gasteiger partial charge in [0.1, 0.15) is 5.41 Å². The number of carbonyl (C=O) groups is 1. The van der Waals surface area contributed by atoms with Crippen molar-refractivity contribution in [1.82, 2.24) is 5.32 Å². The summed E-state index contributed by atoms with van der Waals surface area (Å²) in [5.41, 5.74) is -0.796. The van der Waals surface area contributed by atoms with Gasteiger partial charge in [0.2, 0.25) is 5.91 Å². The second kappa shape index (κ2) is 4.45. The molecule has 0 atom stereocenters. The second-order valence-electron chi connectivity index (χ2n) is 4.00. The van der Waals surface area contributed by atoms with Crippen molar-refractivity contribution in [2.45, 2.75) is 52.0 Å². The monoisotopic (exact) mass is 194 g/mol. The molecule has 3 heteroatoms. The van der Waals surface area contributed by atoms with Gasteiger partial charge in [0.15, 0.2) is 0 Å². The summed E-state index contributed by atoms with van der Waals surface area (Å²) in [6, 6.07) is 2.48. The molecule has 0 unspecified atom stereocenters. The Balaban J connectivity index is 2.58. The van der Waals surface area contributed by atoms with Crippen LogP contribution in [0.4, 0.5) is 0 Å². The Hall–Kier alpha value is -1.04. The van der Waals surface area contributed by atoms with E-state index in [1.165, 1.54) is 6.42 Å². The Bertz CT molecular complexity index is 247. The van der Waals surface area contributed by atoms with Gasteiger partial charge in [-0.2, -0.15) is 5.26 Å². The average molecular weight is 194 g/mol. The summed E-state index contributed by atoms with van der Waals surface area (Å²) in [5.74, 6) is -0.0744. The van der Waals surface area contributed by atoms with Gasteiger partial charge < -0.3 is 5.32 Å². The van der Waals surface area contributed by atoms with Gasteiger partial charge in [0.05, 0.1) is 6.07 Å². The van der Waals surface area contributed by atoms with Crippen LogP contribution in [0.5, 0.6) is 0 Å². The van der Waals surface area contributed by atoms with Crippen molar-refractivity contribution >= 4 is 5.91 Å². The maximum Gasteiger partial charge on any atom is 0.240 e. The highest BCUT2D eigenvalue weighted by Gasteiger charge is 2.36. The molecular weight excluding hydrogens is 176 g/mol. The molecule has 1 aliphatic carbocycles. The maximum atomic E-state index is 11.8. The fourth-order valence-electron chi connectivity index (χ4n) is 1.66. The maximum absolute atomic E-state index is 11.8. The number of hydrogen-bond acceptors (Lipinski definition) is 2. The first kappa shape index (κ1) is 11.0. The molecular formula is C11H18N2O. The van der Waals surface area contributed by atoms with Crippen LogP contribution in [0.2, 0.25) is 0 Å². The number of carbonyl (C=O) groups excluding carboxylic acids is 1. The lowest BCUT2D eigenvalue weighted by molar-refractivity contribution is -0.129. The summed E-state index contributed by atoms with van der Waals surface area (Å²) in [6.45, 7) is 3.79. The smallest absolute Gasteiger partial charge is 0.240 e. The van der Waals surface area contributed by atoms with Crippen molar-refractivity contribution < 1.29 is 4.79 Å². The Kier molecular flexibility index (Phi) is 3.51. The van der Waals surface area contributed by atoms with Crippen LogP contribution in [0.3, 0.4) is 0 Å². The van der Waals surface area contributed by atoms with Crippen molar-refractivity contribution in [2.75, 3.05) is 0 Å². The highest BCUT2D eigenvalue weighted by molar-refractivity contribution is 5.85. The molecule has 0 aromatic carbocycles. The van der Waals surface area contributed by atoms with E-state index in [1.807, 2.05) is 13.8 Å². The van der Waals surface area contributed by atoms with Crippen molar-refractivity contribution in [3.05, 3.63) is 0 Å². The van der Waals surface area contributed by atoms with E-state index in [1.54, 1.807) is 0 Å². The van der Waals surface area contributed by atoms with Crippen LogP contribution < -0.4 is 5.32 Å². The third-order valence-corrected chi connectivity index (χ3v) is 3.30. The number of nitrogens with zero attached hydrogens (tertiary/aromatic N) is 1.